The van der Waals surface area contributed by atoms with E-state index in [1.54, 1.807) is 0 Å². The van der Waals surface area contributed by atoms with Crippen LogP contribution in [0.1, 0.15) is 62.5 Å². The summed E-state index contributed by atoms with van der Waals surface area (Å²) in [6.45, 7) is 2.60. The van der Waals surface area contributed by atoms with Gasteiger partial charge in [0.15, 0.2) is 0 Å². The average molecular weight is 479 g/mol. The third-order valence-electron chi connectivity index (χ3n) is 7.23. The Morgan fingerprint density at radius 1 is 1.00 bits per heavy atom. The molecule has 35 heavy (non-hydrogen) atoms. The lowest BCUT2D eigenvalue weighted by Gasteiger charge is -2.31. The Balaban J connectivity index is 1.31. The first-order valence-electron chi connectivity index (χ1n) is 12.5. The van der Waals surface area contributed by atoms with Gasteiger partial charge in [-0.15, -0.1) is 0 Å². The van der Waals surface area contributed by atoms with Crippen LogP contribution in [0.4, 0.5) is 4.79 Å². The molecule has 0 spiro atoms. The number of carboxylic acid groups (broad SMARTS) is 1. The molecule has 3 N–H and O–H groups in total. The second-order valence-electron chi connectivity index (χ2n) is 9.75. The van der Waals surface area contributed by atoms with Crippen molar-refractivity contribution in [2.24, 2.45) is 11.8 Å². The maximum Gasteiger partial charge on any atom is 0.407 e. The Kier molecular flexibility index (Phi) is 8.06. The van der Waals surface area contributed by atoms with E-state index >= 15 is 0 Å². The number of alkyl carbamates (subject to hydrolysis) is 1. The quantitative estimate of drug-likeness (QED) is 0.485. The van der Waals surface area contributed by atoms with Crippen LogP contribution in [0.3, 0.4) is 0 Å². The molecule has 186 valence electrons. The summed E-state index contributed by atoms with van der Waals surface area (Å²) in [6.07, 6.45) is 3.45. The molecular formula is C28H34N2O5. The molecule has 2 aromatic rings. The van der Waals surface area contributed by atoms with Gasteiger partial charge in [-0.25, -0.2) is 4.79 Å². The van der Waals surface area contributed by atoms with Crippen molar-refractivity contribution in [2.45, 2.75) is 57.4 Å². The Morgan fingerprint density at radius 2 is 1.63 bits per heavy atom. The number of carboxylic acids is 1. The highest BCUT2D eigenvalue weighted by Crippen LogP contribution is 2.44. The SMILES string of the molecule is CC(CCC(=O)O)CNC(=O)[C@@H]1CCCC[C@@H]1NC(=O)OCC1c2ccccc2-c2ccccc21. The predicted molar refractivity (Wildman–Crippen MR) is 133 cm³/mol. The molecule has 2 aromatic carbocycles. The number of nitrogens with one attached hydrogen (secondary N) is 2. The number of carbonyl (C=O) groups is 3. The van der Waals surface area contributed by atoms with E-state index in [1.807, 2.05) is 31.2 Å². The smallest absolute Gasteiger partial charge is 0.407 e. The number of carbonyl (C=O) groups excluding carboxylic acids is 2. The van der Waals surface area contributed by atoms with Gasteiger partial charge in [-0.1, -0.05) is 68.3 Å². The summed E-state index contributed by atoms with van der Waals surface area (Å²) in [5, 5.41) is 14.7. The number of ether oxygens (including phenoxy) is 1. The van der Waals surface area contributed by atoms with Gasteiger partial charge in [0, 0.05) is 24.9 Å². The number of hydrogen-bond acceptors (Lipinski definition) is 4. The van der Waals surface area contributed by atoms with E-state index in [1.165, 1.54) is 11.1 Å². The van der Waals surface area contributed by atoms with Gasteiger partial charge < -0.3 is 20.5 Å². The van der Waals surface area contributed by atoms with Crippen molar-refractivity contribution in [3.8, 4) is 11.1 Å². The van der Waals surface area contributed by atoms with Crippen molar-refractivity contribution in [1.29, 1.82) is 0 Å². The van der Waals surface area contributed by atoms with Gasteiger partial charge in [-0.3, -0.25) is 9.59 Å². The first kappa shape index (κ1) is 24.8. The third-order valence-corrected chi connectivity index (χ3v) is 7.23. The van der Waals surface area contributed by atoms with Gasteiger partial charge in [0.2, 0.25) is 5.91 Å². The van der Waals surface area contributed by atoms with Gasteiger partial charge in [0.25, 0.3) is 0 Å². The van der Waals surface area contributed by atoms with Crippen molar-refractivity contribution in [3.05, 3.63) is 59.7 Å². The van der Waals surface area contributed by atoms with E-state index in [-0.39, 0.29) is 42.7 Å². The largest absolute Gasteiger partial charge is 0.481 e. The molecule has 1 unspecified atom stereocenters. The maximum absolute atomic E-state index is 12.9. The second-order valence-corrected chi connectivity index (χ2v) is 9.75. The molecule has 1 saturated carbocycles. The van der Waals surface area contributed by atoms with E-state index in [4.69, 9.17) is 9.84 Å². The first-order chi connectivity index (χ1) is 16.9. The minimum atomic E-state index is -0.831. The summed E-state index contributed by atoms with van der Waals surface area (Å²) in [4.78, 5) is 36.4. The number of rotatable bonds is 9. The summed E-state index contributed by atoms with van der Waals surface area (Å²) in [7, 11) is 0. The number of hydrogen-bond donors (Lipinski definition) is 3. The topological polar surface area (TPSA) is 105 Å². The molecule has 7 heteroatoms. The molecule has 7 nitrogen and oxygen atoms in total. The molecule has 0 saturated heterocycles. The third kappa shape index (κ3) is 6.02. The van der Waals surface area contributed by atoms with Crippen LogP contribution >= 0.6 is 0 Å². The zero-order valence-electron chi connectivity index (χ0n) is 20.2. The number of benzene rings is 2. The molecule has 3 atom stereocenters. The van der Waals surface area contributed by atoms with Crippen LogP contribution in [-0.4, -0.2) is 42.3 Å². The zero-order valence-corrected chi connectivity index (χ0v) is 20.2. The maximum atomic E-state index is 12.9. The fraction of sp³-hybridized carbons (Fsp3) is 0.464. The van der Waals surface area contributed by atoms with Gasteiger partial charge >= 0.3 is 12.1 Å². The molecule has 2 aliphatic carbocycles. The molecular weight excluding hydrogens is 444 g/mol. The van der Waals surface area contributed by atoms with Gasteiger partial charge in [0.05, 0.1) is 5.92 Å². The minimum Gasteiger partial charge on any atom is -0.481 e. The highest BCUT2D eigenvalue weighted by molar-refractivity contribution is 5.81. The van der Waals surface area contributed by atoms with Crippen LogP contribution < -0.4 is 10.6 Å². The molecule has 0 aliphatic heterocycles. The summed E-state index contributed by atoms with van der Waals surface area (Å²) < 4.78 is 5.69. The number of aliphatic carboxylic acids is 1. The summed E-state index contributed by atoms with van der Waals surface area (Å²) in [5.74, 6) is -1.16. The van der Waals surface area contributed by atoms with Crippen LogP contribution in [0, 0.1) is 11.8 Å². The van der Waals surface area contributed by atoms with E-state index < -0.39 is 12.1 Å². The van der Waals surface area contributed by atoms with E-state index in [0.717, 1.165) is 30.4 Å². The zero-order chi connectivity index (χ0) is 24.8. The molecule has 2 aliphatic rings. The van der Waals surface area contributed by atoms with E-state index in [0.29, 0.717) is 19.4 Å². The molecule has 0 heterocycles. The fourth-order valence-electron chi connectivity index (χ4n) is 5.29. The van der Waals surface area contributed by atoms with Gasteiger partial charge in [-0.05, 0) is 47.4 Å². The first-order valence-corrected chi connectivity index (χ1v) is 12.5. The van der Waals surface area contributed by atoms with E-state index in [2.05, 4.69) is 34.9 Å². The Morgan fingerprint density at radius 3 is 2.29 bits per heavy atom. The van der Waals surface area contributed by atoms with Crippen molar-refractivity contribution >= 4 is 18.0 Å². The second kappa shape index (κ2) is 11.4. The van der Waals surface area contributed by atoms with Crippen LogP contribution in [0.25, 0.3) is 11.1 Å². The van der Waals surface area contributed by atoms with Crippen LogP contribution in [-0.2, 0) is 14.3 Å². The monoisotopic (exact) mass is 478 g/mol. The highest BCUT2D eigenvalue weighted by atomic mass is 16.5. The summed E-state index contributed by atoms with van der Waals surface area (Å²) in [6, 6.07) is 16.1. The lowest BCUT2D eigenvalue weighted by atomic mass is 9.84. The van der Waals surface area contributed by atoms with Gasteiger partial charge in [0.1, 0.15) is 6.61 Å². The Hall–Kier alpha value is -3.35. The standard InChI is InChI=1S/C28H34N2O5/c1-18(14-15-26(31)32)16-29-27(33)23-12-6-7-13-25(23)30-28(34)35-17-24-21-10-4-2-8-19(21)20-9-3-5-11-22(20)24/h2-5,8-11,18,23-25H,6-7,12-17H2,1H3,(H,29,33)(H,30,34)(H,31,32)/t18?,23-,25+/m1/s1. The molecule has 0 radical (unpaired) electrons. The van der Waals surface area contributed by atoms with Crippen LogP contribution in [0.15, 0.2) is 48.5 Å². The van der Waals surface area contributed by atoms with Gasteiger partial charge in [-0.2, -0.15) is 0 Å². The van der Waals surface area contributed by atoms with E-state index in [9.17, 15) is 14.4 Å². The van der Waals surface area contributed by atoms with Crippen molar-refractivity contribution in [3.63, 3.8) is 0 Å². The molecule has 4 rings (SSSR count). The lowest BCUT2D eigenvalue weighted by Crippen LogP contribution is -2.49. The highest BCUT2D eigenvalue weighted by Gasteiger charge is 2.33. The predicted octanol–water partition coefficient (Wildman–Crippen LogP) is 4.70. The Bertz CT molecular complexity index is 1020. The Labute approximate surface area is 206 Å². The van der Waals surface area contributed by atoms with Crippen molar-refractivity contribution in [2.75, 3.05) is 13.2 Å². The number of amides is 2. The lowest BCUT2D eigenvalue weighted by molar-refractivity contribution is -0.137. The minimum absolute atomic E-state index is 0.00843. The molecule has 2 amide bonds. The molecule has 0 bridgehead atoms. The summed E-state index contributed by atoms with van der Waals surface area (Å²) in [5.41, 5.74) is 4.68. The fourth-order valence-corrected chi connectivity index (χ4v) is 5.29. The van der Waals surface area contributed by atoms with Crippen molar-refractivity contribution in [1.82, 2.24) is 10.6 Å². The van der Waals surface area contributed by atoms with Crippen molar-refractivity contribution < 1.29 is 24.2 Å². The van der Waals surface area contributed by atoms with Crippen LogP contribution in [0.2, 0.25) is 0 Å². The van der Waals surface area contributed by atoms with Crippen LogP contribution in [0.5, 0.6) is 0 Å². The molecule has 0 aromatic heterocycles. The number of fused-ring (bicyclic) bond motifs is 3. The normalized spacial score (nSPS) is 19.8. The summed E-state index contributed by atoms with van der Waals surface area (Å²) >= 11 is 0. The molecule has 1 fully saturated rings. The average Bonchev–Trinajstić information content (AvgIpc) is 3.19.